The molecule has 0 spiro atoms. The first-order valence-corrected chi connectivity index (χ1v) is 5.62. The van der Waals surface area contributed by atoms with Gasteiger partial charge in [-0.25, -0.2) is 0 Å². The second-order valence-corrected chi connectivity index (χ2v) is 3.87. The molecule has 5 heteroatoms. The molecule has 0 saturated heterocycles. The van der Waals surface area contributed by atoms with Gasteiger partial charge in [0, 0.05) is 6.42 Å². The third-order valence-electron chi connectivity index (χ3n) is 2.31. The first-order chi connectivity index (χ1) is 8.58. The summed E-state index contributed by atoms with van der Waals surface area (Å²) in [6.07, 6.45) is -0.0403. The number of aliphatic carboxylic acids is 1. The van der Waals surface area contributed by atoms with Crippen molar-refractivity contribution in [1.82, 2.24) is 5.32 Å². The van der Waals surface area contributed by atoms with Gasteiger partial charge in [0.2, 0.25) is 5.91 Å². The quantitative estimate of drug-likeness (QED) is 0.748. The van der Waals surface area contributed by atoms with E-state index in [1.807, 2.05) is 30.3 Å². The van der Waals surface area contributed by atoms with Gasteiger partial charge in [0.15, 0.2) is 5.78 Å². The zero-order chi connectivity index (χ0) is 13.4. The Hall–Kier alpha value is -2.17. The maximum absolute atomic E-state index is 11.5. The van der Waals surface area contributed by atoms with Crippen LogP contribution in [0.4, 0.5) is 0 Å². The first kappa shape index (κ1) is 13.9. The van der Waals surface area contributed by atoms with E-state index in [9.17, 15) is 14.4 Å². The molecule has 0 radical (unpaired) electrons. The predicted octanol–water partition coefficient (Wildman–Crippen LogP) is 0.779. The number of hydrogen-bond donors (Lipinski definition) is 2. The lowest BCUT2D eigenvalue weighted by atomic mass is 10.1. The molecule has 1 aromatic rings. The van der Waals surface area contributed by atoms with Crippen LogP contribution in [0.1, 0.15) is 18.4 Å². The van der Waals surface area contributed by atoms with E-state index >= 15 is 0 Å². The summed E-state index contributed by atoms with van der Waals surface area (Å²) >= 11 is 0. The second kappa shape index (κ2) is 7.21. The molecule has 2 N–H and O–H groups in total. The summed E-state index contributed by atoms with van der Waals surface area (Å²) in [4.78, 5) is 32.9. The summed E-state index contributed by atoms with van der Waals surface area (Å²) in [6.45, 7) is -0.112. The van der Waals surface area contributed by atoms with Gasteiger partial charge in [0.25, 0.3) is 0 Å². The Balaban J connectivity index is 2.25. The van der Waals surface area contributed by atoms with E-state index < -0.39 is 5.97 Å². The van der Waals surface area contributed by atoms with Crippen LogP contribution in [0.5, 0.6) is 0 Å². The van der Waals surface area contributed by atoms with Gasteiger partial charge >= 0.3 is 5.97 Å². The lowest BCUT2D eigenvalue weighted by Crippen LogP contribution is -2.30. The molecule has 18 heavy (non-hydrogen) atoms. The van der Waals surface area contributed by atoms with Gasteiger partial charge in [-0.3, -0.25) is 14.4 Å². The highest BCUT2D eigenvalue weighted by Crippen LogP contribution is 1.99. The Labute approximate surface area is 105 Å². The minimum atomic E-state index is -1.01. The fourth-order valence-corrected chi connectivity index (χ4v) is 1.38. The van der Waals surface area contributed by atoms with Crippen LogP contribution in [0.25, 0.3) is 0 Å². The van der Waals surface area contributed by atoms with Crippen LogP contribution >= 0.6 is 0 Å². The van der Waals surface area contributed by atoms with E-state index in [0.717, 1.165) is 5.56 Å². The summed E-state index contributed by atoms with van der Waals surface area (Å²) in [5.74, 6) is -1.54. The van der Waals surface area contributed by atoms with Crippen molar-refractivity contribution < 1.29 is 19.5 Å². The van der Waals surface area contributed by atoms with Gasteiger partial charge in [-0.2, -0.15) is 0 Å². The van der Waals surface area contributed by atoms with Crippen LogP contribution in [0.2, 0.25) is 0 Å². The topological polar surface area (TPSA) is 83.5 Å². The number of carbonyl (C=O) groups is 3. The zero-order valence-electron chi connectivity index (χ0n) is 9.89. The molecule has 0 aliphatic rings. The van der Waals surface area contributed by atoms with Crippen molar-refractivity contribution in [2.24, 2.45) is 0 Å². The normalized spacial score (nSPS) is 9.78. The van der Waals surface area contributed by atoms with Gasteiger partial charge in [0.05, 0.1) is 19.4 Å². The molecule has 1 aromatic carbocycles. The Bertz CT molecular complexity index is 428. The van der Waals surface area contributed by atoms with Crippen LogP contribution < -0.4 is 5.32 Å². The van der Waals surface area contributed by atoms with Crippen molar-refractivity contribution in [3.8, 4) is 0 Å². The summed E-state index contributed by atoms with van der Waals surface area (Å²) in [7, 11) is 0. The van der Waals surface area contributed by atoms with E-state index in [1.54, 1.807) is 0 Å². The summed E-state index contributed by atoms with van der Waals surface area (Å²) < 4.78 is 0. The lowest BCUT2D eigenvalue weighted by Gasteiger charge is -2.04. The van der Waals surface area contributed by atoms with Crippen LogP contribution in [0, 0.1) is 0 Å². The van der Waals surface area contributed by atoms with Crippen LogP contribution in [-0.4, -0.2) is 29.3 Å². The fraction of sp³-hybridized carbons (Fsp3) is 0.308. The molecule has 0 fully saturated rings. The van der Waals surface area contributed by atoms with Crippen molar-refractivity contribution in [1.29, 1.82) is 0 Å². The molecule has 0 unspecified atom stereocenters. The van der Waals surface area contributed by atoms with Crippen molar-refractivity contribution in [3.63, 3.8) is 0 Å². The van der Waals surface area contributed by atoms with Gasteiger partial charge < -0.3 is 10.4 Å². The monoisotopic (exact) mass is 249 g/mol. The highest BCUT2D eigenvalue weighted by molar-refractivity contribution is 5.88. The van der Waals surface area contributed by atoms with E-state index in [0.29, 0.717) is 0 Å². The average Bonchev–Trinajstić information content (AvgIpc) is 2.35. The smallest absolute Gasteiger partial charge is 0.303 e. The number of benzene rings is 1. The average molecular weight is 249 g/mol. The molecule has 1 amide bonds. The SMILES string of the molecule is O=C(O)CCC(=O)CNC(=O)Cc1ccccc1. The fourth-order valence-electron chi connectivity index (χ4n) is 1.38. The number of carboxylic acid groups (broad SMARTS) is 1. The number of amides is 1. The molecule has 0 heterocycles. The van der Waals surface area contributed by atoms with Gasteiger partial charge in [0.1, 0.15) is 0 Å². The zero-order valence-corrected chi connectivity index (χ0v) is 9.89. The molecule has 1 rings (SSSR count). The number of carboxylic acids is 1. The number of carbonyl (C=O) groups excluding carboxylic acids is 2. The Morgan fingerprint density at radius 2 is 1.72 bits per heavy atom. The maximum atomic E-state index is 11.5. The van der Waals surface area contributed by atoms with Crippen LogP contribution in [0.3, 0.4) is 0 Å². The summed E-state index contributed by atoms with van der Waals surface area (Å²) in [5.41, 5.74) is 0.869. The third-order valence-corrected chi connectivity index (χ3v) is 2.31. The van der Waals surface area contributed by atoms with Crippen LogP contribution in [0.15, 0.2) is 30.3 Å². The maximum Gasteiger partial charge on any atom is 0.303 e. The van der Waals surface area contributed by atoms with Gasteiger partial charge in [-0.05, 0) is 5.56 Å². The molecule has 5 nitrogen and oxygen atoms in total. The Kier molecular flexibility index (Phi) is 5.57. The van der Waals surface area contributed by atoms with Gasteiger partial charge in [-0.1, -0.05) is 30.3 Å². The van der Waals surface area contributed by atoms with E-state index in [2.05, 4.69) is 5.32 Å². The molecule has 96 valence electrons. The third kappa shape index (κ3) is 5.79. The second-order valence-electron chi connectivity index (χ2n) is 3.87. The molecule has 0 atom stereocenters. The van der Waals surface area contributed by atoms with E-state index in [4.69, 9.17) is 5.11 Å². The Morgan fingerprint density at radius 1 is 1.06 bits per heavy atom. The number of hydrogen-bond acceptors (Lipinski definition) is 3. The lowest BCUT2D eigenvalue weighted by molar-refractivity contribution is -0.138. The van der Waals surface area contributed by atoms with Crippen molar-refractivity contribution in [2.45, 2.75) is 19.3 Å². The summed E-state index contributed by atoms with van der Waals surface area (Å²) in [5, 5.41) is 10.9. The van der Waals surface area contributed by atoms with Crippen LogP contribution in [-0.2, 0) is 20.8 Å². The first-order valence-electron chi connectivity index (χ1n) is 5.62. The van der Waals surface area contributed by atoms with Gasteiger partial charge in [-0.15, -0.1) is 0 Å². The predicted molar refractivity (Wildman–Crippen MR) is 65.0 cm³/mol. The molecule has 0 aromatic heterocycles. The molecular weight excluding hydrogens is 234 g/mol. The number of nitrogens with one attached hydrogen (secondary N) is 1. The number of rotatable bonds is 7. The number of ketones is 1. The minimum absolute atomic E-state index is 0.0546. The van der Waals surface area contributed by atoms with Crippen molar-refractivity contribution in [3.05, 3.63) is 35.9 Å². The molecule has 0 bridgehead atoms. The molecule has 0 aliphatic heterocycles. The van der Waals surface area contributed by atoms with E-state index in [-0.39, 0.29) is 37.5 Å². The number of Topliss-reactive ketones (excluding diaryl/α,β-unsaturated/α-hetero) is 1. The standard InChI is InChI=1S/C13H15NO4/c15-11(6-7-13(17)18)9-14-12(16)8-10-4-2-1-3-5-10/h1-5H,6-9H2,(H,14,16)(H,17,18). The summed E-state index contributed by atoms with van der Waals surface area (Å²) in [6, 6.07) is 9.18. The largest absolute Gasteiger partial charge is 0.481 e. The van der Waals surface area contributed by atoms with Crippen molar-refractivity contribution >= 4 is 17.7 Å². The minimum Gasteiger partial charge on any atom is -0.481 e. The van der Waals surface area contributed by atoms with E-state index in [1.165, 1.54) is 0 Å². The molecule has 0 saturated carbocycles. The Morgan fingerprint density at radius 3 is 2.33 bits per heavy atom. The highest BCUT2D eigenvalue weighted by Gasteiger charge is 2.08. The highest BCUT2D eigenvalue weighted by atomic mass is 16.4. The van der Waals surface area contributed by atoms with Crippen molar-refractivity contribution in [2.75, 3.05) is 6.54 Å². The molecule has 0 aliphatic carbocycles. The molecular formula is C13H15NO4.